The summed E-state index contributed by atoms with van der Waals surface area (Å²) in [5.41, 5.74) is 3.55. The van der Waals surface area contributed by atoms with Gasteiger partial charge >= 0.3 is 0 Å². The Bertz CT molecular complexity index is 387. The fourth-order valence-corrected chi connectivity index (χ4v) is 2.05. The number of para-hydroxylation sites is 1. The summed E-state index contributed by atoms with van der Waals surface area (Å²) in [5, 5.41) is 11.5. The molecule has 1 fully saturated rings. The first-order chi connectivity index (χ1) is 8.25. The van der Waals surface area contributed by atoms with Gasteiger partial charge in [-0.2, -0.15) is 0 Å². The molecule has 1 aliphatic heterocycles. The number of carbonyl (C=O) groups is 1. The summed E-state index contributed by atoms with van der Waals surface area (Å²) in [6, 6.07) is 6.94. The van der Waals surface area contributed by atoms with Crippen molar-refractivity contribution in [2.75, 3.05) is 13.1 Å². The Labute approximate surface area is 101 Å². The lowest BCUT2D eigenvalue weighted by Crippen LogP contribution is -2.45. The molecular formula is C13H18N2O2. The Balaban J connectivity index is 1.86. The average molecular weight is 234 g/mol. The lowest BCUT2D eigenvalue weighted by molar-refractivity contribution is -0.125. The number of rotatable bonds is 3. The SMILES string of the molecule is O=C(Cc1ccccc1O)NN1CCCCC1. The third-order valence-electron chi connectivity index (χ3n) is 2.98. The number of piperidine rings is 1. The minimum atomic E-state index is -0.0617. The summed E-state index contributed by atoms with van der Waals surface area (Å²) < 4.78 is 0. The monoisotopic (exact) mass is 234 g/mol. The van der Waals surface area contributed by atoms with Crippen LogP contribution in [0.25, 0.3) is 0 Å². The first kappa shape index (κ1) is 11.9. The zero-order chi connectivity index (χ0) is 12.1. The van der Waals surface area contributed by atoms with Gasteiger partial charge in [0.1, 0.15) is 5.75 Å². The first-order valence-corrected chi connectivity index (χ1v) is 6.07. The molecule has 0 bridgehead atoms. The molecule has 2 rings (SSSR count). The van der Waals surface area contributed by atoms with Crippen LogP contribution in [0.1, 0.15) is 24.8 Å². The van der Waals surface area contributed by atoms with Crippen molar-refractivity contribution >= 4 is 5.91 Å². The lowest BCUT2D eigenvalue weighted by Gasteiger charge is -2.26. The molecule has 1 saturated heterocycles. The van der Waals surface area contributed by atoms with Crippen LogP contribution in [-0.4, -0.2) is 29.1 Å². The van der Waals surface area contributed by atoms with Gasteiger partial charge in [-0.25, -0.2) is 5.01 Å². The van der Waals surface area contributed by atoms with Crippen molar-refractivity contribution in [3.05, 3.63) is 29.8 Å². The van der Waals surface area contributed by atoms with Crippen LogP contribution in [0.3, 0.4) is 0 Å². The van der Waals surface area contributed by atoms with Crippen molar-refractivity contribution in [3.8, 4) is 5.75 Å². The Kier molecular flexibility index (Phi) is 3.98. The molecule has 0 aliphatic carbocycles. The lowest BCUT2D eigenvalue weighted by atomic mass is 10.1. The van der Waals surface area contributed by atoms with Crippen LogP contribution in [0.15, 0.2) is 24.3 Å². The quantitative estimate of drug-likeness (QED) is 0.832. The molecule has 0 atom stereocenters. The van der Waals surface area contributed by atoms with Gasteiger partial charge in [0.2, 0.25) is 5.91 Å². The predicted octanol–water partition coefficient (Wildman–Crippen LogP) is 1.45. The summed E-state index contributed by atoms with van der Waals surface area (Å²) in [7, 11) is 0. The Morgan fingerprint density at radius 1 is 1.24 bits per heavy atom. The molecule has 1 aromatic carbocycles. The van der Waals surface area contributed by atoms with E-state index >= 15 is 0 Å². The number of amides is 1. The van der Waals surface area contributed by atoms with Crippen LogP contribution in [0.4, 0.5) is 0 Å². The van der Waals surface area contributed by atoms with Crippen LogP contribution in [0.5, 0.6) is 5.75 Å². The second kappa shape index (κ2) is 5.68. The van der Waals surface area contributed by atoms with Gasteiger partial charge in [-0.3, -0.25) is 10.2 Å². The summed E-state index contributed by atoms with van der Waals surface area (Å²) in [4.78, 5) is 11.8. The molecular weight excluding hydrogens is 216 g/mol. The molecule has 92 valence electrons. The number of phenolic OH excluding ortho intramolecular Hbond substituents is 1. The number of hydrogen-bond donors (Lipinski definition) is 2. The molecule has 0 unspecified atom stereocenters. The van der Waals surface area contributed by atoms with E-state index in [1.807, 2.05) is 11.1 Å². The van der Waals surface area contributed by atoms with Crippen molar-refractivity contribution in [2.24, 2.45) is 0 Å². The van der Waals surface area contributed by atoms with Gasteiger partial charge in [0.15, 0.2) is 0 Å². The predicted molar refractivity (Wildman–Crippen MR) is 65.4 cm³/mol. The molecule has 4 nitrogen and oxygen atoms in total. The van der Waals surface area contributed by atoms with Gasteiger partial charge in [0.25, 0.3) is 0 Å². The summed E-state index contributed by atoms with van der Waals surface area (Å²) in [6.45, 7) is 1.85. The number of hydrogen-bond acceptors (Lipinski definition) is 3. The summed E-state index contributed by atoms with van der Waals surface area (Å²) >= 11 is 0. The minimum Gasteiger partial charge on any atom is -0.508 e. The first-order valence-electron chi connectivity index (χ1n) is 6.07. The molecule has 0 aromatic heterocycles. The molecule has 1 heterocycles. The molecule has 1 amide bonds. The van der Waals surface area contributed by atoms with E-state index in [1.54, 1.807) is 18.2 Å². The maximum absolute atomic E-state index is 11.8. The summed E-state index contributed by atoms with van der Waals surface area (Å²) in [5.74, 6) is 0.120. The van der Waals surface area contributed by atoms with E-state index in [-0.39, 0.29) is 18.1 Å². The number of phenols is 1. The zero-order valence-electron chi connectivity index (χ0n) is 9.85. The van der Waals surface area contributed by atoms with E-state index in [0.717, 1.165) is 25.9 Å². The number of nitrogens with zero attached hydrogens (tertiary/aromatic N) is 1. The maximum atomic E-state index is 11.8. The second-order valence-electron chi connectivity index (χ2n) is 4.39. The third-order valence-corrected chi connectivity index (χ3v) is 2.98. The van der Waals surface area contributed by atoms with Crippen molar-refractivity contribution in [1.82, 2.24) is 10.4 Å². The fourth-order valence-electron chi connectivity index (χ4n) is 2.05. The van der Waals surface area contributed by atoms with E-state index in [0.29, 0.717) is 5.56 Å². The van der Waals surface area contributed by atoms with Crippen molar-refractivity contribution in [1.29, 1.82) is 0 Å². The number of benzene rings is 1. The van der Waals surface area contributed by atoms with E-state index in [9.17, 15) is 9.90 Å². The minimum absolute atomic E-state index is 0.0617. The van der Waals surface area contributed by atoms with E-state index in [4.69, 9.17) is 0 Å². The molecule has 0 saturated carbocycles. The molecule has 4 heteroatoms. The van der Waals surface area contributed by atoms with E-state index in [1.165, 1.54) is 6.42 Å². The number of aromatic hydroxyl groups is 1. The highest BCUT2D eigenvalue weighted by Crippen LogP contribution is 2.16. The standard InChI is InChI=1S/C13H18N2O2/c16-12-7-3-2-6-11(12)10-13(17)14-15-8-4-1-5-9-15/h2-3,6-7,16H,1,4-5,8-10H2,(H,14,17). The van der Waals surface area contributed by atoms with Gasteiger partial charge < -0.3 is 5.11 Å². The van der Waals surface area contributed by atoms with Crippen LogP contribution >= 0.6 is 0 Å². The van der Waals surface area contributed by atoms with E-state index < -0.39 is 0 Å². The smallest absolute Gasteiger partial charge is 0.238 e. The van der Waals surface area contributed by atoms with Gasteiger partial charge in [-0.05, 0) is 18.9 Å². The normalized spacial score (nSPS) is 16.7. The zero-order valence-corrected chi connectivity index (χ0v) is 9.85. The van der Waals surface area contributed by atoms with Crippen LogP contribution in [-0.2, 0) is 11.2 Å². The third kappa shape index (κ3) is 3.46. The Morgan fingerprint density at radius 3 is 2.65 bits per heavy atom. The Hall–Kier alpha value is -1.55. The van der Waals surface area contributed by atoms with Crippen molar-refractivity contribution in [2.45, 2.75) is 25.7 Å². The molecule has 0 radical (unpaired) electrons. The highest BCUT2D eigenvalue weighted by Gasteiger charge is 2.13. The number of nitrogens with one attached hydrogen (secondary N) is 1. The average Bonchev–Trinajstić information content (AvgIpc) is 2.33. The molecule has 17 heavy (non-hydrogen) atoms. The van der Waals surface area contributed by atoms with Crippen LogP contribution in [0, 0.1) is 0 Å². The van der Waals surface area contributed by atoms with E-state index in [2.05, 4.69) is 5.43 Å². The Morgan fingerprint density at radius 2 is 1.94 bits per heavy atom. The van der Waals surface area contributed by atoms with Crippen molar-refractivity contribution in [3.63, 3.8) is 0 Å². The highest BCUT2D eigenvalue weighted by molar-refractivity contribution is 5.78. The van der Waals surface area contributed by atoms with Crippen molar-refractivity contribution < 1.29 is 9.90 Å². The topological polar surface area (TPSA) is 52.6 Å². The van der Waals surface area contributed by atoms with Gasteiger partial charge in [-0.15, -0.1) is 0 Å². The summed E-state index contributed by atoms with van der Waals surface area (Å²) in [6.07, 6.45) is 3.74. The molecule has 1 aromatic rings. The van der Waals surface area contributed by atoms with Gasteiger partial charge in [-0.1, -0.05) is 24.6 Å². The van der Waals surface area contributed by atoms with Crippen LogP contribution < -0.4 is 5.43 Å². The van der Waals surface area contributed by atoms with Gasteiger partial charge in [0.05, 0.1) is 6.42 Å². The molecule has 1 aliphatic rings. The van der Waals surface area contributed by atoms with Crippen LogP contribution in [0.2, 0.25) is 0 Å². The number of hydrazine groups is 1. The fraction of sp³-hybridized carbons (Fsp3) is 0.462. The van der Waals surface area contributed by atoms with Gasteiger partial charge in [0, 0.05) is 18.7 Å². The largest absolute Gasteiger partial charge is 0.508 e. The molecule has 0 spiro atoms. The highest BCUT2D eigenvalue weighted by atomic mass is 16.3. The molecule has 2 N–H and O–H groups in total. The maximum Gasteiger partial charge on any atom is 0.238 e. The number of carbonyl (C=O) groups excluding carboxylic acids is 1. The second-order valence-corrected chi connectivity index (χ2v) is 4.39.